The molecule has 0 saturated carbocycles. The van der Waals surface area contributed by atoms with E-state index < -0.39 is 0 Å². The van der Waals surface area contributed by atoms with E-state index in [9.17, 15) is 10.4 Å². The summed E-state index contributed by atoms with van der Waals surface area (Å²) in [6.07, 6.45) is 1.75. The van der Waals surface area contributed by atoms with E-state index in [0.717, 1.165) is 16.8 Å². The second-order valence-electron chi connectivity index (χ2n) is 5.37. The molecule has 0 unspecified atom stereocenters. The lowest BCUT2D eigenvalue weighted by molar-refractivity contribution is 0.355. The van der Waals surface area contributed by atoms with Gasteiger partial charge in [0.25, 0.3) is 0 Å². The number of aromatic nitrogens is 1. The third-order valence-corrected chi connectivity index (χ3v) is 4.61. The standard InChI is InChI=1S/C20H16N2O3S/c1-24-18-8-5-14(10-19(18)25-2)17-12-26-20(22-17)15(11-21)9-13-3-6-16(23)7-4-13/h3-10,12,23H,1-2H3/b15-9+. The molecule has 0 aliphatic rings. The molecular weight excluding hydrogens is 348 g/mol. The lowest BCUT2D eigenvalue weighted by Crippen LogP contribution is -1.91. The molecule has 0 spiro atoms. The molecule has 130 valence electrons. The number of benzene rings is 2. The number of thiazole rings is 1. The Morgan fingerprint density at radius 3 is 2.50 bits per heavy atom. The highest BCUT2D eigenvalue weighted by Gasteiger charge is 2.12. The number of phenols is 1. The Morgan fingerprint density at radius 2 is 1.85 bits per heavy atom. The molecule has 0 atom stereocenters. The topological polar surface area (TPSA) is 75.4 Å². The molecule has 0 aliphatic heterocycles. The van der Waals surface area contributed by atoms with Crippen LogP contribution in [0.4, 0.5) is 0 Å². The van der Waals surface area contributed by atoms with E-state index in [4.69, 9.17) is 9.47 Å². The van der Waals surface area contributed by atoms with E-state index in [-0.39, 0.29) is 5.75 Å². The van der Waals surface area contributed by atoms with Gasteiger partial charge in [-0.2, -0.15) is 5.26 Å². The predicted octanol–water partition coefficient (Wildman–Crippen LogP) is 4.60. The SMILES string of the molecule is COc1ccc(-c2csc(/C(C#N)=C/c3ccc(O)cc3)n2)cc1OC. The molecule has 26 heavy (non-hydrogen) atoms. The van der Waals surface area contributed by atoms with Gasteiger partial charge in [-0.05, 0) is 42.0 Å². The lowest BCUT2D eigenvalue weighted by atomic mass is 10.1. The third kappa shape index (κ3) is 3.68. The van der Waals surface area contributed by atoms with Gasteiger partial charge >= 0.3 is 0 Å². The molecule has 0 aliphatic carbocycles. The molecule has 0 saturated heterocycles. The van der Waals surface area contributed by atoms with Crippen LogP contribution >= 0.6 is 11.3 Å². The minimum Gasteiger partial charge on any atom is -0.508 e. The minimum absolute atomic E-state index is 0.186. The van der Waals surface area contributed by atoms with Crippen molar-refractivity contribution in [1.29, 1.82) is 5.26 Å². The van der Waals surface area contributed by atoms with Crippen LogP contribution in [-0.4, -0.2) is 24.3 Å². The molecule has 1 N–H and O–H groups in total. The summed E-state index contributed by atoms with van der Waals surface area (Å²) in [5.74, 6) is 1.46. The number of hydrogen-bond acceptors (Lipinski definition) is 6. The van der Waals surface area contributed by atoms with Crippen molar-refractivity contribution in [2.45, 2.75) is 0 Å². The summed E-state index contributed by atoms with van der Waals surface area (Å²) in [5, 5.41) is 21.4. The highest BCUT2D eigenvalue weighted by molar-refractivity contribution is 7.11. The first-order chi connectivity index (χ1) is 12.6. The normalized spacial score (nSPS) is 11.0. The van der Waals surface area contributed by atoms with Crippen LogP contribution in [0.3, 0.4) is 0 Å². The molecule has 0 fully saturated rings. The quantitative estimate of drug-likeness (QED) is 0.670. The van der Waals surface area contributed by atoms with Gasteiger partial charge in [0.05, 0.1) is 25.5 Å². The maximum atomic E-state index is 9.49. The van der Waals surface area contributed by atoms with Crippen molar-refractivity contribution in [3.05, 3.63) is 58.4 Å². The summed E-state index contributed by atoms with van der Waals surface area (Å²) in [5.41, 5.74) is 2.93. The fraction of sp³-hybridized carbons (Fsp3) is 0.100. The Labute approximate surface area is 155 Å². The summed E-state index contributed by atoms with van der Waals surface area (Å²) in [6.45, 7) is 0. The van der Waals surface area contributed by atoms with Crippen molar-refractivity contribution in [2.75, 3.05) is 14.2 Å². The van der Waals surface area contributed by atoms with Crippen LogP contribution in [-0.2, 0) is 0 Å². The van der Waals surface area contributed by atoms with E-state index in [1.54, 1.807) is 44.6 Å². The zero-order valence-corrected chi connectivity index (χ0v) is 15.1. The van der Waals surface area contributed by atoms with E-state index in [1.165, 1.54) is 11.3 Å². The smallest absolute Gasteiger partial charge is 0.161 e. The molecule has 2 aromatic carbocycles. The molecule has 3 rings (SSSR count). The number of aromatic hydroxyl groups is 1. The van der Waals surface area contributed by atoms with E-state index in [2.05, 4.69) is 11.1 Å². The summed E-state index contributed by atoms with van der Waals surface area (Å²) >= 11 is 1.40. The van der Waals surface area contributed by atoms with Gasteiger partial charge in [0.2, 0.25) is 0 Å². The largest absolute Gasteiger partial charge is 0.508 e. The van der Waals surface area contributed by atoms with Gasteiger partial charge in [0, 0.05) is 10.9 Å². The average Bonchev–Trinajstić information content (AvgIpc) is 3.17. The van der Waals surface area contributed by atoms with Gasteiger partial charge in [-0.15, -0.1) is 11.3 Å². The van der Waals surface area contributed by atoms with Crippen molar-refractivity contribution < 1.29 is 14.6 Å². The van der Waals surface area contributed by atoms with E-state index in [1.807, 2.05) is 23.6 Å². The maximum Gasteiger partial charge on any atom is 0.161 e. The van der Waals surface area contributed by atoms with Crippen molar-refractivity contribution in [3.8, 4) is 34.6 Å². The fourth-order valence-electron chi connectivity index (χ4n) is 2.40. The van der Waals surface area contributed by atoms with Gasteiger partial charge in [0.15, 0.2) is 11.5 Å². The van der Waals surface area contributed by atoms with Crippen LogP contribution in [0.25, 0.3) is 22.9 Å². The van der Waals surface area contributed by atoms with E-state index in [0.29, 0.717) is 22.1 Å². The molecule has 1 heterocycles. The van der Waals surface area contributed by atoms with Crippen molar-refractivity contribution in [2.24, 2.45) is 0 Å². The molecule has 3 aromatic rings. The number of rotatable bonds is 5. The second kappa shape index (κ2) is 7.72. The molecule has 1 aromatic heterocycles. The Bertz CT molecular complexity index is 985. The zero-order chi connectivity index (χ0) is 18.5. The molecule has 0 bridgehead atoms. The summed E-state index contributed by atoms with van der Waals surface area (Å²) in [7, 11) is 3.17. The van der Waals surface area contributed by atoms with Gasteiger partial charge in [-0.1, -0.05) is 12.1 Å². The van der Waals surface area contributed by atoms with Crippen LogP contribution in [0.15, 0.2) is 47.8 Å². The molecule has 5 nitrogen and oxygen atoms in total. The number of hydrogen-bond donors (Lipinski definition) is 1. The lowest BCUT2D eigenvalue weighted by Gasteiger charge is -2.08. The summed E-state index contributed by atoms with van der Waals surface area (Å²) in [6, 6.07) is 14.4. The third-order valence-electron chi connectivity index (χ3n) is 3.74. The number of phenolic OH excluding ortho intramolecular Hbond substituents is 1. The first kappa shape index (κ1) is 17.5. The highest BCUT2D eigenvalue weighted by atomic mass is 32.1. The Kier molecular flexibility index (Phi) is 5.20. The van der Waals surface area contributed by atoms with Crippen LogP contribution < -0.4 is 9.47 Å². The predicted molar refractivity (Wildman–Crippen MR) is 102 cm³/mol. The first-order valence-corrected chi connectivity index (χ1v) is 8.61. The summed E-state index contributed by atoms with van der Waals surface area (Å²) in [4.78, 5) is 4.58. The molecule has 0 amide bonds. The molecular formula is C20H16N2O3S. The van der Waals surface area contributed by atoms with Crippen LogP contribution in [0.2, 0.25) is 0 Å². The fourth-order valence-corrected chi connectivity index (χ4v) is 3.20. The van der Waals surface area contributed by atoms with Crippen LogP contribution in [0, 0.1) is 11.3 Å². The van der Waals surface area contributed by atoms with Gasteiger partial charge < -0.3 is 14.6 Å². The Hall–Kier alpha value is -3.30. The van der Waals surface area contributed by atoms with Crippen molar-refractivity contribution in [3.63, 3.8) is 0 Å². The molecule has 0 radical (unpaired) electrons. The Morgan fingerprint density at radius 1 is 1.12 bits per heavy atom. The first-order valence-electron chi connectivity index (χ1n) is 7.73. The number of methoxy groups -OCH3 is 2. The minimum atomic E-state index is 0.186. The number of allylic oxidation sites excluding steroid dienone is 1. The molecule has 6 heteroatoms. The summed E-state index contributed by atoms with van der Waals surface area (Å²) < 4.78 is 10.6. The number of nitriles is 1. The van der Waals surface area contributed by atoms with Crippen LogP contribution in [0.5, 0.6) is 17.2 Å². The average molecular weight is 364 g/mol. The maximum absolute atomic E-state index is 9.49. The van der Waals surface area contributed by atoms with E-state index >= 15 is 0 Å². The Balaban J connectivity index is 1.93. The number of nitrogens with zero attached hydrogens (tertiary/aromatic N) is 2. The van der Waals surface area contributed by atoms with Gasteiger partial charge in [0.1, 0.15) is 16.8 Å². The van der Waals surface area contributed by atoms with Crippen LogP contribution in [0.1, 0.15) is 10.6 Å². The van der Waals surface area contributed by atoms with Crippen molar-refractivity contribution in [1.82, 2.24) is 4.98 Å². The van der Waals surface area contributed by atoms with Gasteiger partial charge in [-0.25, -0.2) is 4.98 Å². The highest BCUT2D eigenvalue weighted by Crippen LogP contribution is 2.33. The number of ether oxygens (including phenoxy) is 2. The second-order valence-corrected chi connectivity index (χ2v) is 6.23. The van der Waals surface area contributed by atoms with Gasteiger partial charge in [-0.3, -0.25) is 0 Å². The monoisotopic (exact) mass is 364 g/mol. The zero-order valence-electron chi connectivity index (χ0n) is 14.3. The van der Waals surface area contributed by atoms with Crippen molar-refractivity contribution >= 4 is 23.0 Å².